The van der Waals surface area contributed by atoms with Crippen LogP contribution in [0.2, 0.25) is 5.02 Å². The number of hydrogen-bond acceptors (Lipinski definition) is 2. The highest BCUT2D eigenvalue weighted by Crippen LogP contribution is 2.25. The van der Waals surface area contributed by atoms with Gasteiger partial charge in [-0.1, -0.05) is 18.5 Å². The van der Waals surface area contributed by atoms with Crippen LogP contribution in [-0.4, -0.2) is 10.9 Å². The highest BCUT2D eigenvalue weighted by molar-refractivity contribution is 7.99. The minimum absolute atomic E-state index is 0.0584. The van der Waals surface area contributed by atoms with Crippen LogP contribution < -0.4 is 0 Å². The molecule has 0 fully saturated rings. The maximum Gasteiger partial charge on any atom is 0.0693 e. The largest absolute Gasteiger partial charge is 0.392 e. The molecule has 66 valence electrons. The van der Waals surface area contributed by atoms with E-state index in [2.05, 4.69) is 6.92 Å². The van der Waals surface area contributed by atoms with Crippen molar-refractivity contribution in [3.8, 4) is 0 Å². The average molecular weight is 203 g/mol. The van der Waals surface area contributed by atoms with E-state index < -0.39 is 0 Å². The first kappa shape index (κ1) is 9.90. The standard InChI is InChI=1S/C9H11ClOS/c1-2-12-9-4-3-8(10)5-7(9)6-11/h3-5,11H,2,6H2,1H3. The summed E-state index contributed by atoms with van der Waals surface area (Å²) in [4.78, 5) is 1.12. The molecule has 0 spiro atoms. The van der Waals surface area contributed by atoms with Crippen molar-refractivity contribution in [2.75, 3.05) is 5.75 Å². The summed E-state index contributed by atoms with van der Waals surface area (Å²) < 4.78 is 0. The molecular weight excluding hydrogens is 192 g/mol. The molecule has 1 rings (SSSR count). The van der Waals surface area contributed by atoms with Crippen molar-refractivity contribution in [2.45, 2.75) is 18.4 Å². The second-order valence-electron chi connectivity index (χ2n) is 2.34. The Hall–Kier alpha value is -0.180. The van der Waals surface area contributed by atoms with Gasteiger partial charge in [0, 0.05) is 9.92 Å². The first-order chi connectivity index (χ1) is 5.77. The van der Waals surface area contributed by atoms with E-state index in [9.17, 15) is 0 Å². The van der Waals surface area contributed by atoms with E-state index >= 15 is 0 Å². The molecule has 0 aliphatic heterocycles. The van der Waals surface area contributed by atoms with Crippen LogP contribution in [-0.2, 0) is 6.61 Å². The first-order valence-electron chi connectivity index (χ1n) is 3.80. The van der Waals surface area contributed by atoms with Gasteiger partial charge in [-0.15, -0.1) is 11.8 Å². The number of thioether (sulfide) groups is 1. The topological polar surface area (TPSA) is 20.2 Å². The van der Waals surface area contributed by atoms with Gasteiger partial charge in [0.05, 0.1) is 6.61 Å². The van der Waals surface area contributed by atoms with Crippen LogP contribution in [0.3, 0.4) is 0 Å². The van der Waals surface area contributed by atoms with Crippen molar-refractivity contribution >= 4 is 23.4 Å². The van der Waals surface area contributed by atoms with E-state index in [0.29, 0.717) is 5.02 Å². The van der Waals surface area contributed by atoms with Crippen LogP contribution in [0.5, 0.6) is 0 Å². The quantitative estimate of drug-likeness (QED) is 0.761. The molecule has 0 amide bonds. The molecule has 3 heteroatoms. The minimum Gasteiger partial charge on any atom is -0.392 e. The Balaban J connectivity index is 2.94. The van der Waals surface area contributed by atoms with E-state index in [4.69, 9.17) is 16.7 Å². The van der Waals surface area contributed by atoms with E-state index in [0.717, 1.165) is 16.2 Å². The second kappa shape index (κ2) is 4.75. The number of halogens is 1. The molecule has 12 heavy (non-hydrogen) atoms. The zero-order chi connectivity index (χ0) is 8.97. The molecule has 0 saturated heterocycles. The van der Waals surface area contributed by atoms with E-state index in [-0.39, 0.29) is 6.61 Å². The lowest BCUT2D eigenvalue weighted by atomic mass is 10.2. The van der Waals surface area contributed by atoms with Gasteiger partial charge in [-0.05, 0) is 29.5 Å². The highest BCUT2D eigenvalue weighted by Gasteiger charge is 2.01. The number of hydrogen-bond donors (Lipinski definition) is 1. The van der Waals surface area contributed by atoms with Gasteiger partial charge in [0.1, 0.15) is 0 Å². The Bertz CT molecular complexity index is 263. The van der Waals surface area contributed by atoms with Crippen LogP contribution in [0.1, 0.15) is 12.5 Å². The molecule has 0 atom stereocenters. The second-order valence-corrected chi connectivity index (χ2v) is 4.09. The Morgan fingerprint density at radius 3 is 2.83 bits per heavy atom. The molecule has 1 N–H and O–H groups in total. The Morgan fingerprint density at radius 1 is 1.50 bits per heavy atom. The van der Waals surface area contributed by atoms with Crippen molar-refractivity contribution in [1.82, 2.24) is 0 Å². The van der Waals surface area contributed by atoms with Crippen LogP contribution in [0.4, 0.5) is 0 Å². The third-order valence-corrected chi connectivity index (χ3v) is 2.73. The molecular formula is C9H11ClOS. The predicted molar refractivity (Wildman–Crippen MR) is 53.8 cm³/mol. The number of aliphatic hydroxyl groups excluding tert-OH is 1. The molecule has 1 aromatic carbocycles. The van der Waals surface area contributed by atoms with Gasteiger partial charge in [0.2, 0.25) is 0 Å². The van der Waals surface area contributed by atoms with Gasteiger partial charge >= 0.3 is 0 Å². The third-order valence-electron chi connectivity index (χ3n) is 1.49. The van der Waals surface area contributed by atoms with Crippen LogP contribution in [0.15, 0.2) is 23.1 Å². The summed E-state index contributed by atoms with van der Waals surface area (Å²) in [6.45, 7) is 2.14. The van der Waals surface area contributed by atoms with Gasteiger partial charge in [0.15, 0.2) is 0 Å². The van der Waals surface area contributed by atoms with Crippen molar-refractivity contribution in [2.24, 2.45) is 0 Å². The van der Waals surface area contributed by atoms with Crippen molar-refractivity contribution in [3.05, 3.63) is 28.8 Å². The van der Waals surface area contributed by atoms with Gasteiger partial charge in [-0.25, -0.2) is 0 Å². The Labute approximate surface area is 81.7 Å². The summed E-state index contributed by atoms with van der Waals surface area (Å²) in [7, 11) is 0. The van der Waals surface area contributed by atoms with Gasteiger partial charge in [-0.3, -0.25) is 0 Å². The first-order valence-corrected chi connectivity index (χ1v) is 5.16. The van der Waals surface area contributed by atoms with E-state index in [1.165, 1.54) is 0 Å². The predicted octanol–water partition coefficient (Wildman–Crippen LogP) is 2.94. The Kier molecular flexibility index (Phi) is 3.92. The molecule has 0 aliphatic carbocycles. The lowest BCUT2D eigenvalue weighted by Gasteiger charge is -2.05. The fourth-order valence-corrected chi connectivity index (χ4v) is 1.95. The zero-order valence-corrected chi connectivity index (χ0v) is 8.45. The van der Waals surface area contributed by atoms with E-state index in [1.54, 1.807) is 17.8 Å². The lowest BCUT2D eigenvalue weighted by molar-refractivity contribution is 0.279. The lowest BCUT2D eigenvalue weighted by Crippen LogP contribution is -1.87. The van der Waals surface area contributed by atoms with Crippen molar-refractivity contribution in [3.63, 3.8) is 0 Å². The van der Waals surface area contributed by atoms with Gasteiger partial charge < -0.3 is 5.11 Å². The maximum atomic E-state index is 9.00. The summed E-state index contributed by atoms with van der Waals surface area (Å²) in [5, 5.41) is 9.68. The zero-order valence-electron chi connectivity index (χ0n) is 6.88. The van der Waals surface area contributed by atoms with Crippen molar-refractivity contribution in [1.29, 1.82) is 0 Å². The fourth-order valence-electron chi connectivity index (χ4n) is 0.968. The molecule has 0 bridgehead atoms. The van der Waals surface area contributed by atoms with E-state index in [1.807, 2.05) is 12.1 Å². The van der Waals surface area contributed by atoms with Gasteiger partial charge in [0.25, 0.3) is 0 Å². The fraction of sp³-hybridized carbons (Fsp3) is 0.333. The summed E-state index contributed by atoms with van der Waals surface area (Å²) >= 11 is 7.49. The summed E-state index contributed by atoms with van der Waals surface area (Å²) in [6, 6.07) is 5.60. The molecule has 0 aromatic heterocycles. The minimum atomic E-state index is 0.0584. The average Bonchev–Trinajstić information content (AvgIpc) is 2.08. The summed E-state index contributed by atoms with van der Waals surface area (Å²) in [5.41, 5.74) is 0.911. The van der Waals surface area contributed by atoms with Crippen molar-refractivity contribution < 1.29 is 5.11 Å². The highest BCUT2D eigenvalue weighted by atomic mass is 35.5. The molecule has 0 aliphatic rings. The molecule has 1 aromatic rings. The molecule has 0 heterocycles. The van der Waals surface area contributed by atoms with Crippen LogP contribution in [0, 0.1) is 0 Å². The number of aliphatic hydroxyl groups is 1. The third kappa shape index (κ3) is 2.41. The maximum absolute atomic E-state index is 9.00. The number of benzene rings is 1. The summed E-state index contributed by atoms with van der Waals surface area (Å²) in [6.07, 6.45) is 0. The summed E-state index contributed by atoms with van der Waals surface area (Å²) in [5.74, 6) is 1.01. The van der Waals surface area contributed by atoms with Crippen LogP contribution >= 0.6 is 23.4 Å². The normalized spacial score (nSPS) is 10.2. The monoisotopic (exact) mass is 202 g/mol. The smallest absolute Gasteiger partial charge is 0.0693 e. The van der Waals surface area contributed by atoms with Crippen LogP contribution in [0.25, 0.3) is 0 Å². The molecule has 0 saturated carbocycles. The molecule has 1 nitrogen and oxygen atoms in total. The molecule has 0 radical (unpaired) electrons. The molecule has 0 unspecified atom stereocenters. The number of rotatable bonds is 3. The Morgan fingerprint density at radius 2 is 2.25 bits per heavy atom. The SMILES string of the molecule is CCSc1ccc(Cl)cc1CO. The van der Waals surface area contributed by atoms with Gasteiger partial charge in [-0.2, -0.15) is 0 Å².